The molecule has 1 rings (SSSR count). The van der Waals surface area contributed by atoms with Gasteiger partial charge < -0.3 is 11.1 Å². The maximum atomic E-state index is 13.1. The van der Waals surface area contributed by atoms with Gasteiger partial charge in [0.1, 0.15) is 11.6 Å². The van der Waals surface area contributed by atoms with Crippen molar-refractivity contribution in [1.29, 1.82) is 0 Å². The number of hydrogen-bond donors (Lipinski definition) is 2. The van der Waals surface area contributed by atoms with Crippen LogP contribution in [0.15, 0.2) is 18.2 Å². The third kappa shape index (κ3) is 3.28. The van der Waals surface area contributed by atoms with Gasteiger partial charge in [0, 0.05) is 18.7 Å². The molecule has 0 aliphatic carbocycles. The summed E-state index contributed by atoms with van der Waals surface area (Å²) in [7, 11) is 0. The third-order valence-electron chi connectivity index (χ3n) is 1.87. The Bertz CT molecular complexity index is 335. The predicted molar refractivity (Wildman–Crippen MR) is 52.1 cm³/mol. The molecule has 0 spiro atoms. The molecule has 15 heavy (non-hydrogen) atoms. The minimum Gasteiger partial charge on any atom is -0.355 e. The molecule has 3 N–H and O–H groups in total. The fourth-order valence-electron chi connectivity index (χ4n) is 1.14. The molecule has 0 radical (unpaired) electrons. The van der Waals surface area contributed by atoms with E-state index in [-0.39, 0.29) is 12.0 Å². The molecule has 0 aromatic heterocycles. The van der Waals surface area contributed by atoms with E-state index in [2.05, 4.69) is 5.32 Å². The van der Waals surface area contributed by atoms with Gasteiger partial charge in [-0.05, 0) is 12.1 Å². The molecule has 0 atom stereocenters. The van der Waals surface area contributed by atoms with Crippen LogP contribution in [0, 0.1) is 11.6 Å². The predicted octanol–water partition coefficient (Wildman–Crippen LogP) is 0.582. The molecule has 1 amide bonds. The molecule has 0 aliphatic heterocycles. The lowest BCUT2D eigenvalue weighted by atomic mass is 10.1. The topological polar surface area (TPSA) is 55.1 Å². The van der Waals surface area contributed by atoms with Crippen LogP contribution < -0.4 is 11.1 Å². The monoisotopic (exact) mass is 214 g/mol. The normalized spacial score (nSPS) is 10.1. The van der Waals surface area contributed by atoms with Gasteiger partial charge >= 0.3 is 0 Å². The van der Waals surface area contributed by atoms with Crippen molar-refractivity contribution in [2.24, 2.45) is 5.73 Å². The Morgan fingerprint density at radius 3 is 2.47 bits per heavy atom. The average molecular weight is 214 g/mol. The minimum atomic E-state index is -0.710. The number of halogens is 2. The van der Waals surface area contributed by atoms with Crippen LogP contribution in [0.4, 0.5) is 8.78 Å². The summed E-state index contributed by atoms with van der Waals surface area (Å²) in [4.78, 5) is 11.2. The number of carbonyl (C=O) groups excluding carboxylic acids is 1. The zero-order valence-electron chi connectivity index (χ0n) is 8.09. The lowest BCUT2D eigenvalue weighted by Gasteiger charge is -2.05. The summed E-state index contributed by atoms with van der Waals surface area (Å²) in [5.41, 5.74) is 4.95. The fourth-order valence-corrected chi connectivity index (χ4v) is 1.14. The quantitative estimate of drug-likeness (QED) is 0.770. The number of nitrogens with two attached hydrogens (primary N) is 1. The summed E-state index contributed by atoms with van der Waals surface area (Å²) >= 11 is 0. The van der Waals surface area contributed by atoms with Gasteiger partial charge in [-0.25, -0.2) is 8.78 Å². The Hall–Kier alpha value is -1.49. The molecular weight excluding hydrogens is 202 g/mol. The van der Waals surface area contributed by atoms with Crippen LogP contribution >= 0.6 is 0 Å². The molecular formula is C10H12F2N2O. The van der Waals surface area contributed by atoms with E-state index < -0.39 is 17.5 Å². The van der Waals surface area contributed by atoms with Crippen LogP contribution in [0.1, 0.15) is 5.56 Å². The first-order valence-corrected chi connectivity index (χ1v) is 4.55. The average Bonchev–Trinajstić information content (AvgIpc) is 2.21. The van der Waals surface area contributed by atoms with Crippen molar-refractivity contribution in [2.45, 2.75) is 6.42 Å². The maximum absolute atomic E-state index is 13.1. The van der Waals surface area contributed by atoms with Gasteiger partial charge in [-0.15, -0.1) is 0 Å². The molecule has 0 unspecified atom stereocenters. The first-order chi connectivity index (χ1) is 7.15. The van der Waals surface area contributed by atoms with Gasteiger partial charge in [0.15, 0.2) is 0 Å². The number of amides is 1. The SMILES string of the molecule is NCCNC(=O)Cc1c(F)cccc1F. The van der Waals surface area contributed by atoms with Crippen molar-refractivity contribution in [3.63, 3.8) is 0 Å². The summed E-state index contributed by atoms with van der Waals surface area (Å²) < 4.78 is 26.2. The highest BCUT2D eigenvalue weighted by Crippen LogP contribution is 2.12. The molecule has 0 saturated heterocycles. The number of rotatable bonds is 4. The number of benzene rings is 1. The zero-order chi connectivity index (χ0) is 11.3. The third-order valence-corrected chi connectivity index (χ3v) is 1.87. The van der Waals surface area contributed by atoms with Gasteiger partial charge in [0.25, 0.3) is 0 Å². The fraction of sp³-hybridized carbons (Fsp3) is 0.300. The van der Waals surface area contributed by atoms with Gasteiger partial charge in [-0.3, -0.25) is 4.79 Å². The Labute approximate surface area is 86.3 Å². The maximum Gasteiger partial charge on any atom is 0.224 e. The molecule has 5 heteroatoms. The molecule has 82 valence electrons. The highest BCUT2D eigenvalue weighted by Gasteiger charge is 2.12. The number of hydrogen-bond acceptors (Lipinski definition) is 2. The van der Waals surface area contributed by atoms with Crippen molar-refractivity contribution in [3.05, 3.63) is 35.4 Å². The van der Waals surface area contributed by atoms with E-state index in [9.17, 15) is 13.6 Å². The van der Waals surface area contributed by atoms with E-state index in [0.29, 0.717) is 13.1 Å². The van der Waals surface area contributed by atoms with Crippen molar-refractivity contribution in [2.75, 3.05) is 13.1 Å². The molecule has 1 aromatic rings. The largest absolute Gasteiger partial charge is 0.355 e. The van der Waals surface area contributed by atoms with Gasteiger partial charge in [-0.1, -0.05) is 6.07 Å². The van der Waals surface area contributed by atoms with Crippen molar-refractivity contribution < 1.29 is 13.6 Å². The van der Waals surface area contributed by atoms with Crippen LogP contribution in [0.3, 0.4) is 0 Å². The Morgan fingerprint density at radius 2 is 1.93 bits per heavy atom. The van der Waals surface area contributed by atoms with E-state index in [0.717, 1.165) is 12.1 Å². The molecule has 0 heterocycles. The second-order valence-electron chi connectivity index (χ2n) is 3.02. The van der Waals surface area contributed by atoms with Crippen LogP contribution in [-0.2, 0) is 11.2 Å². The van der Waals surface area contributed by atoms with Crippen LogP contribution in [0.5, 0.6) is 0 Å². The highest BCUT2D eigenvalue weighted by molar-refractivity contribution is 5.78. The van der Waals surface area contributed by atoms with Crippen molar-refractivity contribution in [3.8, 4) is 0 Å². The Kier molecular flexibility index (Phi) is 4.17. The van der Waals surface area contributed by atoms with Gasteiger partial charge in [0.2, 0.25) is 5.91 Å². The summed E-state index contributed by atoms with van der Waals surface area (Å²) in [5, 5.41) is 2.44. The number of carbonyl (C=O) groups is 1. The summed E-state index contributed by atoms with van der Waals surface area (Å²) in [6, 6.07) is 3.50. The molecule has 1 aromatic carbocycles. The van der Waals surface area contributed by atoms with Crippen LogP contribution in [0.2, 0.25) is 0 Å². The molecule has 0 aliphatic rings. The lowest BCUT2D eigenvalue weighted by Crippen LogP contribution is -2.30. The van der Waals surface area contributed by atoms with E-state index >= 15 is 0 Å². The van der Waals surface area contributed by atoms with E-state index in [4.69, 9.17) is 5.73 Å². The molecule has 0 fully saturated rings. The van der Waals surface area contributed by atoms with Crippen LogP contribution in [0.25, 0.3) is 0 Å². The molecule has 3 nitrogen and oxygen atoms in total. The van der Waals surface area contributed by atoms with E-state index in [1.807, 2.05) is 0 Å². The molecule has 0 saturated carbocycles. The van der Waals surface area contributed by atoms with Crippen molar-refractivity contribution >= 4 is 5.91 Å². The van der Waals surface area contributed by atoms with E-state index in [1.54, 1.807) is 0 Å². The highest BCUT2D eigenvalue weighted by atomic mass is 19.1. The summed E-state index contributed by atoms with van der Waals surface area (Å²) in [6.45, 7) is 0.598. The molecule has 0 bridgehead atoms. The minimum absolute atomic E-state index is 0.216. The van der Waals surface area contributed by atoms with Gasteiger partial charge in [0.05, 0.1) is 6.42 Å². The zero-order valence-corrected chi connectivity index (χ0v) is 8.09. The first-order valence-electron chi connectivity index (χ1n) is 4.55. The first kappa shape index (κ1) is 11.6. The summed E-state index contributed by atoms with van der Waals surface area (Å²) in [6.07, 6.45) is -0.307. The lowest BCUT2D eigenvalue weighted by molar-refractivity contribution is -0.120. The van der Waals surface area contributed by atoms with E-state index in [1.165, 1.54) is 6.07 Å². The number of nitrogens with one attached hydrogen (secondary N) is 1. The second kappa shape index (κ2) is 5.41. The Balaban J connectivity index is 2.68. The Morgan fingerprint density at radius 1 is 1.33 bits per heavy atom. The standard InChI is InChI=1S/C10H12F2N2O/c11-8-2-1-3-9(12)7(8)6-10(15)14-5-4-13/h1-3H,4-6,13H2,(H,14,15). The smallest absolute Gasteiger partial charge is 0.224 e. The second-order valence-corrected chi connectivity index (χ2v) is 3.02. The van der Waals surface area contributed by atoms with Crippen molar-refractivity contribution in [1.82, 2.24) is 5.32 Å². The van der Waals surface area contributed by atoms with Crippen LogP contribution in [-0.4, -0.2) is 19.0 Å². The van der Waals surface area contributed by atoms with Gasteiger partial charge in [-0.2, -0.15) is 0 Å². The summed E-state index contributed by atoms with van der Waals surface area (Å²) in [5.74, 6) is -1.86.